The van der Waals surface area contributed by atoms with Gasteiger partial charge in [0.1, 0.15) is 11.6 Å². The van der Waals surface area contributed by atoms with E-state index in [0.29, 0.717) is 5.69 Å². The van der Waals surface area contributed by atoms with Gasteiger partial charge >= 0.3 is 0 Å². The SMILES string of the molecule is CC(Nc1cc(F)cc([N+](=O)[O-])c1)c1ccc(O)cc1. The number of non-ortho nitro benzene ring substituents is 1. The highest BCUT2D eigenvalue weighted by molar-refractivity contribution is 5.52. The third-order valence-electron chi connectivity index (χ3n) is 2.87. The molecule has 2 aromatic carbocycles. The van der Waals surface area contributed by atoms with Gasteiger partial charge in [-0.2, -0.15) is 0 Å². The minimum atomic E-state index is -0.667. The fraction of sp³-hybridized carbons (Fsp3) is 0.143. The first-order valence-electron chi connectivity index (χ1n) is 5.96. The molecule has 1 atom stereocenters. The maximum atomic E-state index is 13.3. The van der Waals surface area contributed by atoms with Crippen LogP contribution in [-0.2, 0) is 0 Å². The second-order valence-corrected chi connectivity index (χ2v) is 4.41. The van der Waals surface area contributed by atoms with Crippen LogP contribution in [0.4, 0.5) is 15.8 Å². The van der Waals surface area contributed by atoms with E-state index in [9.17, 15) is 19.6 Å². The molecule has 0 aliphatic heterocycles. The van der Waals surface area contributed by atoms with Crippen LogP contribution >= 0.6 is 0 Å². The fourth-order valence-electron chi connectivity index (χ4n) is 1.86. The topological polar surface area (TPSA) is 75.4 Å². The van der Waals surface area contributed by atoms with Gasteiger partial charge in [0.15, 0.2) is 0 Å². The van der Waals surface area contributed by atoms with E-state index >= 15 is 0 Å². The van der Waals surface area contributed by atoms with Crippen molar-refractivity contribution in [3.05, 3.63) is 64.0 Å². The third-order valence-corrected chi connectivity index (χ3v) is 2.87. The highest BCUT2D eigenvalue weighted by Crippen LogP contribution is 2.25. The predicted molar refractivity (Wildman–Crippen MR) is 73.2 cm³/mol. The van der Waals surface area contributed by atoms with Gasteiger partial charge in [-0.1, -0.05) is 12.1 Å². The molecule has 2 rings (SSSR count). The summed E-state index contributed by atoms with van der Waals surface area (Å²) in [6, 6.07) is 9.70. The van der Waals surface area contributed by atoms with Gasteiger partial charge < -0.3 is 10.4 Å². The van der Waals surface area contributed by atoms with Crippen LogP contribution < -0.4 is 5.32 Å². The number of aromatic hydroxyl groups is 1. The number of nitro benzene ring substituents is 1. The van der Waals surface area contributed by atoms with Gasteiger partial charge in [-0.3, -0.25) is 10.1 Å². The Kier molecular flexibility index (Phi) is 3.84. The number of hydrogen-bond acceptors (Lipinski definition) is 4. The number of halogens is 1. The number of benzene rings is 2. The van der Waals surface area contributed by atoms with Gasteiger partial charge in [-0.05, 0) is 30.7 Å². The maximum Gasteiger partial charge on any atom is 0.274 e. The molecule has 0 saturated heterocycles. The van der Waals surface area contributed by atoms with Crippen molar-refractivity contribution >= 4 is 11.4 Å². The van der Waals surface area contributed by atoms with E-state index < -0.39 is 10.7 Å². The second kappa shape index (κ2) is 5.56. The number of phenols is 1. The van der Waals surface area contributed by atoms with Crippen LogP contribution in [0.5, 0.6) is 5.75 Å². The van der Waals surface area contributed by atoms with Gasteiger partial charge in [-0.25, -0.2) is 4.39 Å². The third kappa shape index (κ3) is 3.23. The number of nitrogens with one attached hydrogen (secondary N) is 1. The molecule has 0 radical (unpaired) electrons. The van der Waals surface area contributed by atoms with E-state index in [1.807, 2.05) is 6.92 Å². The molecule has 5 nitrogen and oxygen atoms in total. The summed E-state index contributed by atoms with van der Waals surface area (Å²) in [4.78, 5) is 10.0. The van der Waals surface area contributed by atoms with Crippen molar-refractivity contribution in [1.29, 1.82) is 0 Å². The molecule has 0 aliphatic rings. The zero-order chi connectivity index (χ0) is 14.7. The zero-order valence-electron chi connectivity index (χ0n) is 10.7. The lowest BCUT2D eigenvalue weighted by Crippen LogP contribution is -2.07. The zero-order valence-corrected chi connectivity index (χ0v) is 10.7. The molecule has 20 heavy (non-hydrogen) atoms. The quantitative estimate of drug-likeness (QED) is 0.660. The molecule has 0 aliphatic carbocycles. The van der Waals surface area contributed by atoms with Crippen molar-refractivity contribution in [3.8, 4) is 5.75 Å². The highest BCUT2D eigenvalue weighted by Gasteiger charge is 2.12. The lowest BCUT2D eigenvalue weighted by atomic mass is 10.1. The van der Waals surface area contributed by atoms with Crippen molar-refractivity contribution in [2.45, 2.75) is 13.0 Å². The van der Waals surface area contributed by atoms with Gasteiger partial charge in [0.05, 0.1) is 11.0 Å². The molecule has 0 saturated carbocycles. The van der Waals surface area contributed by atoms with E-state index in [1.165, 1.54) is 12.1 Å². The van der Waals surface area contributed by atoms with Gasteiger partial charge in [0.25, 0.3) is 5.69 Å². The number of rotatable bonds is 4. The Balaban J connectivity index is 2.21. The Labute approximate surface area is 114 Å². The first-order valence-corrected chi connectivity index (χ1v) is 5.96. The van der Waals surface area contributed by atoms with Crippen LogP contribution in [0, 0.1) is 15.9 Å². The largest absolute Gasteiger partial charge is 0.508 e. The van der Waals surface area contributed by atoms with Crippen molar-refractivity contribution in [2.24, 2.45) is 0 Å². The molecule has 0 amide bonds. The summed E-state index contributed by atoms with van der Waals surface area (Å²) in [5.74, 6) is -0.512. The molecule has 2 aromatic rings. The van der Waals surface area contributed by atoms with Crippen LogP contribution in [0.25, 0.3) is 0 Å². The van der Waals surface area contributed by atoms with Crippen LogP contribution in [0.15, 0.2) is 42.5 Å². The normalized spacial score (nSPS) is 11.9. The van der Waals surface area contributed by atoms with Crippen LogP contribution in [-0.4, -0.2) is 10.0 Å². The lowest BCUT2D eigenvalue weighted by Gasteiger charge is -2.15. The Bertz CT molecular complexity index is 629. The smallest absolute Gasteiger partial charge is 0.274 e. The first kappa shape index (κ1) is 13.8. The summed E-state index contributed by atoms with van der Waals surface area (Å²) in [6.07, 6.45) is 0. The second-order valence-electron chi connectivity index (χ2n) is 4.41. The average molecular weight is 276 g/mol. The Hall–Kier alpha value is -2.63. The Morgan fingerprint density at radius 1 is 1.25 bits per heavy atom. The number of anilines is 1. The summed E-state index contributed by atoms with van der Waals surface area (Å²) in [6.45, 7) is 1.84. The monoisotopic (exact) mass is 276 g/mol. The van der Waals surface area contributed by atoms with E-state index in [4.69, 9.17) is 0 Å². The molecular formula is C14H13FN2O3. The maximum absolute atomic E-state index is 13.3. The summed E-state index contributed by atoms with van der Waals surface area (Å²) < 4.78 is 13.3. The lowest BCUT2D eigenvalue weighted by molar-refractivity contribution is -0.385. The Morgan fingerprint density at radius 2 is 1.90 bits per heavy atom. The predicted octanol–water partition coefficient (Wildman–Crippen LogP) is 3.61. The molecule has 0 spiro atoms. The average Bonchev–Trinajstić information content (AvgIpc) is 2.38. The molecule has 6 heteroatoms. The number of phenolic OH excluding ortho intramolecular Hbond substituents is 1. The molecule has 1 unspecified atom stereocenters. The molecule has 104 valence electrons. The van der Waals surface area contributed by atoms with Crippen molar-refractivity contribution in [1.82, 2.24) is 0 Å². The minimum Gasteiger partial charge on any atom is -0.508 e. The summed E-state index contributed by atoms with van der Waals surface area (Å²) in [5.41, 5.74) is 0.900. The number of nitro groups is 1. The summed E-state index contributed by atoms with van der Waals surface area (Å²) in [7, 11) is 0. The van der Waals surface area contributed by atoms with Crippen molar-refractivity contribution in [2.75, 3.05) is 5.32 Å². The van der Waals surface area contributed by atoms with E-state index in [2.05, 4.69) is 5.32 Å². The molecule has 0 fully saturated rings. The number of nitrogens with zero attached hydrogens (tertiary/aromatic N) is 1. The molecule has 0 bridgehead atoms. The van der Waals surface area contributed by atoms with E-state index in [-0.39, 0.29) is 17.5 Å². The minimum absolute atomic E-state index is 0.155. The highest BCUT2D eigenvalue weighted by atomic mass is 19.1. The van der Waals surface area contributed by atoms with Crippen molar-refractivity contribution < 1.29 is 14.4 Å². The van der Waals surface area contributed by atoms with Gasteiger partial charge in [0, 0.05) is 17.8 Å². The van der Waals surface area contributed by atoms with Crippen LogP contribution in [0.3, 0.4) is 0 Å². The summed E-state index contributed by atoms with van der Waals surface area (Å²) in [5, 5.41) is 22.9. The Morgan fingerprint density at radius 3 is 2.50 bits per heavy atom. The van der Waals surface area contributed by atoms with E-state index in [1.54, 1.807) is 24.3 Å². The fourth-order valence-corrected chi connectivity index (χ4v) is 1.86. The molecule has 2 N–H and O–H groups in total. The van der Waals surface area contributed by atoms with Gasteiger partial charge in [0.2, 0.25) is 0 Å². The molecular weight excluding hydrogens is 263 g/mol. The van der Waals surface area contributed by atoms with Crippen LogP contribution in [0.2, 0.25) is 0 Å². The van der Waals surface area contributed by atoms with Crippen LogP contribution in [0.1, 0.15) is 18.5 Å². The molecule has 0 heterocycles. The van der Waals surface area contributed by atoms with Gasteiger partial charge in [-0.15, -0.1) is 0 Å². The standard InChI is InChI=1S/C14H13FN2O3/c1-9(10-2-4-14(18)5-3-10)16-12-6-11(15)7-13(8-12)17(19)20/h2-9,16,18H,1H3. The summed E-state index contributed by atoms with van der Waals surface area (Å²) >= 11 is 0. The van der Waals surface area contributed by atoms with Crippen molar-refractivity contribution in [3.63, 3.8) is 0 Å². The number of hydrogen-bond donors (Lipinski definition) is 2. The first-order chi connectivity index (χ1) is 9.45. The van der Waals surface area contributed by atoms with E-state index in [0.717, 1.165) is 11.6 Å². The molecule has 0 aromatic heterocycles.